The highest BCUT2D eigenvalue weighted by atomic mass is 35.5. The lowest BCUT2D eigenvalue weighted by Crippen LogP contribution is -2.29. The summed E-state index contributed by atoms with van der Waals surface area (Å²) in [5.74, 6) is 5.71. The fraction of sp³-hybridized carbons (Fsp3) is 0.143. The molecule has 100 valence electrons. The molecular formula is C14H14ClFN2O. The normalized spacial score (nSPS) is 12.2. The van der Waals surface area contributed by atoms with E-state index in [0.717, 1.165) is 5.56 Å². The summed E-state index contributed by atoms with van der Waals surface area (Å²) in [5.41, 5.74) is 3.72. The van der Waals surface area contributed by atoms with Crippen molar-refractivity contribution in [1.29, 1.82) is 0 Å². The lowest BCUT2D eigenvalue weighted by molar-refractivity contribution is 0.403. The first-order valence-electron chi connectivity index (χ1n) is 5.72. The van der Waals surface area contributed by atoms with Crippen molar-refractivity contribution in [3.63, 3.8) is 0 Å². The largest absolute Gasteiger partial charge is 0.496 e. The standard InChI is InChI=1S/C14H14ClFN2O/c1-19-12-8-3-2-5-9(12)14(18-17)10-6-4-7-11(15)13(10)16/h2-8,14,18H,17H2,1H3. The molecule has 2 rings (SSSR count). The van der Waals surface area contributed by atoms with Gasteiger partial charge in [-0.05, 0) is 12.1 Å². The van der Waals surface area contributed by atoms with Gasteiger partial charge in [-0.15, -0.1) is 0 Å². The first-order chi connectivity index (χ1) is 9.19. The summed E-state index contributed by atoms with van der Waals surface area (Å²) in [6, 6.07) is 11.6. The van der Waals surface area contributed by atoms with Crippen LogP contribution in [-0.4, -0.2) is 7.11 Å². The van der Waals surface area contributed by atoms with Crippen molar-refractivity contribution >= 4 is 11.6 Å². The molecule has 0 heterocycles. The summed E-state index contributed by atoms with van der Waals surface area (Å²) in [6.07, 6.45) is 0. The van der Waals surface area contributed by atoms with Crippen LogP contribution in [0, 0.1) is 5.82 Å². The molecule has 19 heavy (non-hydrogen) atoms. The minimum Gasteiger partial charge on any atom is -0.496 e. The average molecular weight is 281 g/mol. The Hall–Kier alpha value is -1.62. The summed E-state index contributed by atoms with van der Waals surface area (Å²) in [6.45, 7) is 0. The van der Waals surface area contributed by atoms with Gasteiger partial charge in [-0.2, -0.15) is 0 Å². The number of benzene rings is 2. The van der Waals surface area contributed by atoms with E-state index in [1.807, 2.05) is 18.2 Å². The second kappa shape index (κ2) is 6.02. The third kappa shape index (κ3) is 2.71. The molecule has 0 saturated heterocycles. The maximum absolute atomic E-state index is 14.1. The summed E-state index contributed by atoms with van der Waals surface area (Å²) >= 11 is 5.80. The molecule has 0 aliphatic rings. The number of hydrogen-bond acceptors (Lipinski definition) is 3. The van der Waals surface area contributed by atoms with Crippen molar-refractivity contribution in [1.82, 2.24) is 5.43 Å². The van der Waals surface area contributed by atoms with Crippen LogP contribution in [0.2, 0.25) is 5.02 Å². The van der Waals surface area contributed by atoms with E-state index in [2.05, 4.69) is 5.43 Å². The fourth-order valence-electron chi connectivity index (χ4n) is 2.00. The fourth-order valence-corrected chi connectivity index (χ4v) is 2.18. The molecule has 2 aromatic carbocycles. The van der Waals surface area contributed by atoms with Crippen LogP contribution in [-0.2, 0) is 0 Å². The van der Waals surface area contributed by atoms with E-state index in [9.17, 15) is 4.39 Å². The van der Waals surface area contributed by atoms with E-state index < -0.39 is 11.9 Å². The van der Waals surface area contributed by atoms with Crippen LogP contribution in [0.4, 0.5) is 4.39 Å². The molecule has 1 unspecified atom stereocenters. The van der Waals surface area contributed by atoms with Crippen LogP contribution in [0.15, 0.2) is 42.5 Å². The van der Waals surface area contributed by atoms with Crippen LogP contribution in [0.25, 0.3) is 0 Å². The molecule has 0 spiro atoms. The highest BCUT2D eigenvalue weighted by Gasteiger charge is 2.21. The molecule has 1 atom stereocenters. The number of methoxy groups -OCH3 is 1. The lowest BCUT2D eigenvalue weighted by Gasteiger charge is -2.20. The highest BCUT2D eigenvalue weighted by Crippen LogP contribution is 2.32. The lowest BCUT2D eigenvalue weighted by atomic mass is 9.98. The number of hydrogen-bond donors (Lipinski definition) is 2. The maximum Gasteiger partial charge on any atom is 0.146 e. The average Bonchev–Trinajstić information content (AvgIpc) is 2.45. The van der Waals surface area contributed by atoms with E-state index in [-0.39, 0.29) is 5.02 Å². The van der Waals surface area contributed by atoms with Gasteiger partial charge in [-0.25, -0.2) is 9.82 Å². The van der Waals surface area contributed by atoms with Crippen molar-refractivity contribution in [2.45, 2.75) is 6.04 Å². The monoisotopic (exact) mass is 280 g/mol. The summed E-state index contributed by atoms with van der Waals surface area (Å²) in [5, 5.41) is 0.0626. The van der Waals surface area contributed by atoms with Gasteiger partial charge in [-0.1, -0.05) is 41.9 Å². The molecule has 0 aromatic heterocycles. The Labute approximate surface area is 116 Å². The van der Waals surface area contributed by atoms with Gasteiger partial charge in [0, 0.05) is 11.1 Å². The number of rotatable bonds is 4. The Kier molecular flexibility index (Phi) is 4.37. The van der Waals surface area contributed by atoms with Gasteiger partial charge < -0.3 is 4.74 Å². The van der Waals surface area contributed by atoms with E-state index in [1.165, 1.54) is 6.07 Å². The number of para-hydroxylation sites is 1. The zero-order valence-corrected chi connectivity index (χ0v) is 11.1. The maximum atomic E-state index is 14.1. The predicted octanol–water partition coefficient (Wildman–Crippen LogP) is 3.04. The van der Waals surface area contributed by atoms with E-state index in [4.69, 9.17) is 22.2 Å². The van der Waals surface area contributed by atoms with Crippen molar-refractivity contribution in [2.75, 3.05) is 7.11 Å². The van der Waals surface area contributed by atoms with Crippen molar-refractivity contribution in [3.8, 4) is 5.75 Å². The molecule has 0 radical (unpaired) electrons. The number of nitrogens with one attached hydrogen (secondary N) is 1. The van der Waals surface area contributed by atoms with Crippen LogP contribution >= 0.6 is 11.6 Å². The van der Waals surface area contributed by atoms with Crippen LogP contribution in [0.3, 0.4) is 0 Å². The summed E-state index contributed by atoms with van der Waals surface area (Å²) in [7, 11) is 1.56. The Morgan fingerprint density at radius 3 is 2.53 bits per heavy atom. The van der Waals surface area contributed by atoms with Gasteiger partial charge in [0.15, 0.2) is 0 Å². The quantitative estimate of drug-likeness (QED) is 0.668. The Morgan fingerprint density at radius 2 is 1.84 bits per heavy atom. The topological polar surface area (TPSA) is 47.3 Å². The third-order valence-corrected chi connectivity index (χ3v) is 3.20. The minimum atomic E-state index is -0.533. The number of nitrogens with two attached hydrogens (primary N) is 1. The molecule has 0 aliphatic heterocycles. The van der Waals surface area contributed by atoms with E-state index in [1.54, 1.807) is 25.3 Å². The third-order valence-electron chi connectivity index (χ3n) is 2.91. The molecule has 3 nitrogen and oxygen atoms in total. The smallest absolute Gasteiger partial charge is 0.146 e. The van der Waals surface area contributed by atoms with Gasteiger partial charge in [-0.3, -0.25) is 5.84 Å². The molecule has 3 N–H and O–H groups in total. The number of ether oxygens (including phenoxy) is 1. The molecule has 0 amide bonds. The summed E-state index contributed by atoms with van der Waals surface area (Å²) in [4.78, 5) is 0. The SMILES string of the molecule is COc1ccccc1C(NN)c1cccc(Cl)c1F. The van der Waals surface area contributed by atoms with Gasteiger partial charge in [0.05, 0.1) is 18.2 Å². The molecule has 0 fully saturated rings. The zero-order chi connectivity index (χ0) is 13.8. The number of halogens is 2. The van der Waals surface area contributed by atoms with Gasteiger partial charge in [0.1, 0.15) is 11.6 Å². The Balaban J connectivity index is 2.53. The molecule has 0 saturated carbocycles. The highest BCUT2D eigenvalue weighted by molar-refractivity contribution is 6.30. The van der Waals surface area contributed by atoms with Crippen molar-refractivity contribution in [2.24, 2.45) is 5.84 Å². The van der Waals surface area contributed by atoms with E-state index in [0.29, 0.717) is 11.3 Å². The molecule has 0 bridgehead atoms. The van der Waals surface area contributed by atoms with E-state index >= 15 is 0 Å². The van der Waals surface area contributed by atoms with Gasteiger partial charge >= 0.3 is 0 Å². The number of hydrazine groups is 1. The molecule has 2 aromatic rings. The first kappa shape index (κ1) is 13.8. The zero-order valence-electron chi connectivity index (χ0n) is 10.4. The second-order valence-corrected chi connectivity index (χ2v) is 4.39. The summed E-state index contributed by atoms with van der Waals surface area (Å²) < 4.78 is 19.4. The molecule has 5 heteroatoms. The Morgan fingerprint density at radius 1 is 1.16 bits per heavy atom. The van der Waals surface area contributed by atoms with Crippen LogP contribution < -0.4 is 16.0 Å². The van der Waals surface area contributed by atoms with Crippen LogP contribution in [0.5, 0.6) is 5.75 Å². The molecule has 0 aliphatic carbocycles. The van der Waals surface area contributed by atoms with Crippen LogP contribution in [0.1, 0.15) is 17.2 Å². The van der Waals surface area contributed by atoms with Gasteiger partial charge in [0.2, 0.25) is 0 Å². The van der Waals surface area contributed by atoms with Crippen molar-refractivity contribution < 1.29 is 9.13 Å². The Bertz CT molecular complexity index is 577. The van der Waals surface area contributed by atoms with Crippen molar-refractivity contribution in [3.05, 3.63) is 64.4 Å². The molecular weight excluding hydrogens is 267 g/mol. The minimum absolute atomic E-state index is 0.0626. The van der Waals surface area contributed by atoms with Gasteiger partial charge in [0.25, 0.3) is 0 Å². The predicted molar refractivity (Wildman–Crippen MR) is 73.6 cm³/mol. The second-order valence-electron chi connectivity index (χ2n) is 3.98. The first-order valence-corrected chi connectivity index (χ1v) is 6.09.